The number of likely N-dealkylation sites (tertiary alicyclic amines) is 1. The van der Waals surface area contributed by atoms with E-state index in [-0.39, 0.29) is 5.92 Å². The topological polar surface area (TPSA) is 79.5 Å². The third-order valence-electron chi connectivity index (χ3n) is 5.28. The lowest BCUT2D eigenvalue weighted by Gasteiger charge is -2.36. The van der Waals surface area contributed by atoms with Gasteiger partial charge in [-0.2, -0.15) is 4.98 Å². The van der Waals surface area contributed by atoms with Crippen molar-refractivity contribution < 1.29 is 14.4 Å². The third-order valence-corrected chi connectivity index (χ3v) is 6.02. The smallest absolute Gasteiger partial charge is 0.309 e. The first-order valence-electron chi connectivity index (χ1n) is 10.1. The van der Waals surface area contributed by atoms with E-state index in [4.69, 9.17) is 9.63 Å². The van der Waals surface area contributed by atoms with Crippen LogP contribution in [0.25, 0.3) is 22.8 Å². The van der Waals surface area contributed by atoms with Crippen molar-refractivity contribution in [1.29, 1.82) is 0 Å². The van der Waals surface area contributed by atoms with E-state index in [1.807, 2.05) is 30.3 Å². The molecule has 1 aliphatic rings. The van der Waals surface area contributed by atoms with E-state index in [1.165, 1.54) is 5.56 Å². The van der Waals surface area contributed by atoms with Crippen molar-refractivity contribution >= 4 is 21.9 Å². The summed E-state index contributed by atoms with van der Waals surface area (Å²) in [6.45, 7) is 6.31. The van der Waals surface area contributed by atoms with Gasteiger partial charge >= 0.3 is 5.97 Å². The molecule has 0 radical (unpaired) electrons. The highest BCUT2D eigenvalue weighted by Crippen LogP contribution is 2.29. The van der Waals surface area contributed by atoms with Crippen molar-refractivity contribution in [3.8, 4) is 22.8 Å². The van der Waals surface area contributed by atoms with Gasteiger partial charge in [0, 0.05) is 35.2 Å². The lowest BCUT2D eigenvalue weighted by molar-refractivity contribution is -0.147. The number of benzene rings is 2. The minimum Gasteiger partial charge on any atom is -0.481 e. The van der Waals surface area contributed by atoms with Gasteiger partial charge in [0.05, 0.1) is 5.92 Å². The van der Waals surface area contributed by atoms with Crippen LogP contribution in [0.5, 0.6) is 0 Å². The number of rotatable bonds is 7. The number of hydrogen-bond acceptors (Lipinski definition) is 5. The van der Waals surface area contributed by atoms with E-state index >= 15 is 0 Å². The van der Waals surface area contributed by atoms with Gasteiger partial charge in [-0.05, 0) is 35.6 Å². The van der Waals surface area contributed by atoms with Crippen LogP contribution in [0.1, 0.15) is 25.0 Å². The highest BCUT2D eigenvalue weighted by atomic mass is 79.9. The van der Waals surface area contributed by atoms with Gasteiger partial charge in [-0.3, -0.25) is 9.69 Å². The van der Waals surface area contributed by atoms with Crippen molar-refractivity contribution in [1.82, 2.24) is 15.0 Å². The highest BCUT2D eigenvalue weighted by Gasteiger charge is 2.32. The van der Waals surface area contributed by atoms with Crippen LogP contribution in [0.2, 0.25) is 0 Å². The quantitative estimate of drug-likeness (QED) is 0.530. The largest absolute Gasteiger partial charge is 0.481 e. The molecule has 0 unspecified atom stereocenters. The first-order valence-corrected chi connectivity index (χ1v) is 10.9. The molecule has 0 spiro atoms. The molecule has 4 rings (SSSR count). The fourth-order valence-corrected chi connectivity index (χ4v) is 4.13. The molecule has 1 aromatic heterocycles. The van der Waals surface area contributed by atoms with Crippen LogP contribution in [-0.4, -0.2) is 39.2 Å². The van der Waals surface area contributed by atoms with Crippen molar-refractivity contribution in [3.63, 3.8) is 0 Å². The standard InChI is InChI=1S/C23H24BrN3O3/c1-14(2)9-15-3-5-16(6-4-15)21-25-22(30-26-21)17-7-8-18(20(24)10-17)11-27-12-19(13-27)23(28)29/h3-8,10,14,19H,9,11-13H2,1-2H3,(H,28,29). The fraction of sp³-hybridized carbons (Fsp3) is 0.348. The number of hydrogen-bond donors (Lipinski definition) is 1. The van der Waals surface area contributed by atoms with E-state index in [1.54, 1.807) is 0 Å². The Labute approximate surface area is 184 Å². The van der Waals surface area contributed by atoms with E-state index in [0.29, 0.717) is 37.3 Å². The van der Waals surface area contributed by atoms with Gasteiger partial charge in [0.1, 0.15) is 0 Å². The maximum absolute atomic E-state index is 11.0. The average molecular weight is 470 g/mol. The van der Waals surface area contributed by atoms with E-state index in [2.05, 4.69) is 57.0 Å². The fourth-order valence-electron chi connectivity index (χ4n) is 3.62. The van der Waals surface area contributed by atoms with Crippen LogP contribution in [0.4, 0.5) is 0 Å². The Bertz CT molecular complexity index is 1040. The van der Waals surface area contributed by atoms with Crippen LogP contribution in [0.15, 0.2) is 51.5 Å². The summed E-state index contributed by atoms with van der Waals surface area (Å²) in [5, 5.41) is 13.1. The zero-order valence-electron chi connectivity index (χ0n) is 17.0. The summed E-state index contributed by atoms with van der Waals surface area (Å²) in [7, 11) is 0. The molecule has 7 heteroatoms. The molecule has 0 atom stereocenters. The Kier molecular flexibility index (Phi) is 6.01. The van der Waals surface area contributed by atoms with Crippen molar-refractivity contribution in [2.24, 2.45) is 11.8 Å². The zero-order valence-corrected chi connectivity index (χ0v) is 18.6. The molecule has 1 aliphatic heterocycles. The van der Waals surface area contributed by atoms with Crippen molar-refractivity contribution in [2.45, 2.75) is 26.8 Å². The number of carboxylic acid groups (broad SMARTS) is 1. The molecular formula is C23H24BrN3O3. The molecule has 30 heavy (non-hydrogen) atoms. The molecule has 0 aliphatic carbocycles. The molecule has 156 valence electrons. The average Bonchev–Trinajstić information content (AvgIpc) is 3.15. The van der Waals surface area contributed by atoms with Crippen LogP contribution < -0.4 is 0 Å². The lowest BCUT2D eigenvalue weighted by atomic mass is 9.99. The predicted octanol–water partition coefficient (Wildman–Crippen LogP) is 4.88. The first-order chi connectivity index (χ1) is 14.4. The molecule has 1 fully saturated rings. The van der Waals surface area contributed by atoms with Gasteiger partial charge in [0.2, 0.25) is 5.82 Å². The van der Waals surface area contributed by atoms with Gasteiger partial charge in [-0.1, -0.05) is 65.3 Å². The summed E-state index contributed by atoms with van der Waals surface area (Å²) < 4.78 is 6.43. The summed E-state index contributed by atoms with van der Waals surface area (Å²) in [6.07, 6.45) is 1.05. The monoisotopic (exact) mass is 469 g/mol. The van der Waals surface area contributed by atoms with Crippen LogP contribution in [-0.2, 0) is 17.8 Å². The lowest BCUT2D eigenvalue weighted by Crippen LogP contribution is -2.49. The third kappa shape index (κ3) is 4.63. The molecule has 0 saturated carbocycles. The molecule has 1 N–H and O–H groups in total. The van der Waals surface area contributed by atoms with Crippen LogP contribution in [0, 0.1) is 11.8 Å². The van der Waals surface area contributed by atoms with E-state index in [9.17, 15) is 4.79 Å². The van der Waals surface area contributed by atoms with Gasteiger partial charge in [0.15, 0.2) is 0 Å². The number of carbonyl (C=O) groups is 1. The molecule has 0 amide bonds. The van der Waals surface area contributed by atoms with Gasteiger partial charge in [-0.25, -0.2) is 0 Å². The highest BCUT2D eigenvalue weighted by molar-refractivity contribution is 9.10. The predicted molar refractivity (Wildman–Crippen MR) is 118 cm³/mol. The van der Waals surface area contributed by atoms with Gasteiger partial charge in [-0.15, -0.1) is 0 Å². The summed E-state index contributed by atoms with van der Waals surface area (Å²) in [4.78, 5) is 17.6. The number of carboxylic acids is 1. The Morgan fingerprint density at radius 2 is 1.90 bits per heavy atom. The molecular weight excluding hydrogens is 446 g/mol. The second-order valence-electron chi connectivity index (χ2n) is 8.25. The van der Waals surface area contributed by atoms with Crippen LogP contribution in [0.3, 0.4) is 0 Å². The Morgan fingerprint density at radius 3 is 2.53 bits per heavy atom. The second-order valence-corrected chi connectivity index (χ2v) is 9.11. The minimum atomic E-state index is -0.720. The summed E-state index contributed by atoms with van der Waals surface area (Å²) in [5.74, 6) is 0.690. The SMILES string of the molecule is CC(C)Cc1ccc(-c2noc(-c3ccc(CN4CC(C(=O)O)C4)c(Br)c3)n2)cc1. The van der Waals surface area contributed by atoms with E-state index in [0.717, 1.165) is 27.6 Å². The molecule has 0 bridgehead atoms. The first kappa shape index (κ1) is 20.8. The zero-order chi connectivity index (χ0) is 21.3. The van der Waals surface area contributed by atoms with E-state index < -0.39 is 5.97 Å². The maximum Gasteiger partial charge on any atom is 0.309 e. The Morgan fingerprint density at radius 1 is 1.20 bits per heavy atom. The summed E-state index contributed by atoms with van der Waals surface area (Å²) >= 11 is 3.62. The summed E-state index contributed by atoms with van der Waals surface area (Å²) in [6, 6.07) is 14.2. The maximum atomic E-state index is 11.0. The summed E-state index contributed by atoms with van der Waals surface area (Å²) in [5.41, 5.74) is 4.17. The number of aliphatic carboxylic acids is 1. The number of nitrogens with zero attached hydrogens (tertiary/aromatic N) is 3. The van der Waals surface area contributed by atoms with Gasteiger partial charge < -0.3 is 9.63 Å². The normalized spacial score (nSPS) is 14.8. The Hall–Kier alpha value is -2.51. The number of aromatic nitrogens is 2. The van der Waals surface area contributed by atoms with Crippen molar-refractivity contribution in [2.75, 3.05) is 13.1 Å². The molecule has 2 heterocycles. The minimum absolute atomic E-state index is 0.251. The molecule has 6 nitrogen and oxygen atoms in total. The molecule has 1 saturated heterocycles. The molecule has 3 aromatic rings. The van der Waals surface area contributed by atoms with Crippen molar-refractivity contribution in [3.05, 3.63) is 58.1 Å². The Balaban J connectivity index is 1.44. The number of halogens is 1. The molecule has 2 aromatic carbocycles. The second kappa shape index (κ2) is 8.70. The van der Waals surface area contributed by atoms with Crippen LogP contribution >= 0.6 is 15.9 Å². The van der Waals surface area contributed by atoms with Gasteiger partial charge in [0.25, 0.3) is 5.89 Å².